The average molecular weight is 268 g/mol. The summed E-state index contributed by atoms with van der Waals surface area (Å²) in [7, 11) is 0. The molecule has 3 nitrogen and oxygen atoms in total. The van der Waals surface area contributed by atoms with Crippen molar-refractivity contribution in [3.8, 4) is 0 Å². The van der Waals surface area contributed by atoms with Gasteiger partial charge in [0.15, 0.2) is 0 Å². The van der Waals surface area contributed by atoms with Crippen LogP contribution in [0.1, 0.15) is 6.42 Å². The lowest BCUT2D eigenvalue weighted by molar-refractivity contribution is 0.698. The smallest absolute Gasteiger partial charge is 0.0590 e. The molecule has 2 heterocycles. The lowest BCUT2D eigenvalue weighted by Crippen LogP contribution is -2.23. The topological polar surface area (TPSA) is 37.0 Å². The zero-order valence-electron chi connectivity index (χ0n) is 8.46. The van der Waals surface area contributed by atoms with Crippen LogP contribution in [0.5, 0.6) is 0 Å². The van der Waals surface area contributed by atoms with E-state index >= 15 is 0 Å². The summed E-state index contributed by atoms with van der Waals surface area (Å²) in [6.45, 7) is 3.00. The van der Waals surface area contributed by atoms with Crippen molar-refractivity contribution in [1.82, 2.24) is 10.3 Å². The number of rotatable bonds is 3. The Morgan fingerprint density at radius 3 is 3.20 bits per heavy atom. The van der Waals surface area contributed by atoms with Crippen LogP contribution in [-0.4, -0.2) is 24.6 Å². The largest absolute Gasteiger partial charge is 0.380 e. The molecule has 0 amide bonds. The average Bonchev–Trinajstić information content (AvgIpc) is 2.29. The molecule has 0 saturated heterocycles. The monoisotopic (exact) mass is 267 g/mol. The van der Waals surface area contributed by atoms with Crippen molar-refractivity contribution >= 4 is 21.6 Å². The lowest BCUT2D eigenvalue weighted by atomic mass is 10.1. The number of halogens is 1. The highest BCUT2D eigenvalue weighted by Gasteiger charge is 2.03. The van der Waals surface area contributed by atoms with Crippen molar-refractivity contribution in [3.63, 3.8) is 0 Å². The van der Waals surface area contributed by atoms with Crippen molar-refractivity contribution in [2.24, 2.45) is 0 Å². The second kappa shape index (κ2) is 5.28. The van der Waals surface area contributed by atoms with Crippen LogP contribution in [0, 0.1) is 0 Å². The van der Waals surface area contributed by atoms with E-state index in [0.29, 0.717) is 0 Å². The highest BCUT2D eigenvalue weighted by molar-refractivity contribution is 9.10. The van der Waals surface area contributed by atoms with Crippen LogP contribution in [0.3, 0.4) is 0 Å². The Morgan fingerprint density at radius 1 is 1.53 bits per heavy atom. The summed E-state index contributed by atoms with van der Waals surface area (Å²) in [6, 6.07) is 1.98. The van der Waals surface area contributed by atoms with Crippen LogP contribution >= 0.6 is 15.9 Å². The molecule has 2 rings (SSSR count). The van der Waals surface area contributed by atoms with Gasteiger partial charge in [0.1, 0.15) is 0 Å². The van der Waals surface area contributed by atoms with Gasteiger partial charge in [0, 0.05) is 25.5 Å². The minimum absolute atomic E-state index is 0.921. The molecule has 0 fully saturated rings. The van der Waals surface area contributed by atoms with E-state index < -0.39 is 0 Å². The van der Waals surface area contributed by atoms with Gasteiger partial charge in [-0.3, -0.25) is 4.98 Å². The van der Waals surface area contributed by atoms with Crippen LogP contribution in [-0.2, 0) is 0 Å². The Bertz CT molecular complexity index is 363. The summed E-state index contributed by atoms with van der Waals surface area (Å²) in [5, 5.41) is 6.70. The SMILES string of the molecule is Brc1cnccc1NCC1=CCNCC1. The Labute approximate surface area is 98.1 Å². The Kier molecular flexibility index (Phi) is 3.75. The highest BCUT2D eigenvalue weighted by atomic mass is 79.9. The molecule has 15 heavy (non-hydrogen) atoms. The summed E-state index contributed by atoms with van der Waals surface area (Å²) in [5.41, 5.74) is 2.57. The van der Waals surface area contributed by atoms with Gasteiger partial charge in [-0.1, -0.05) is 11.6 Å². The molecule has 0 radical (unpaired) electrons. The van der Waals surface area contributed by atoms with E-state index in [1.807, 2.05) is 6.07 Å². The van der Waals surface area contributed by atoms with Crippen LogP contribution in [0.25, 0.3) is 0 Å². The summed E-state index contributed by atoms with van der Waals surface area (Å²) in [5.74, 6) is 0. The van der Waals surface area contributed by atoms with Gasteiger partial charge in [0.2, 0.25) is 0 Å². The van der Waals surface area contributed by atoms with Gasteiger partial charge >= 0.3 is 0 Å². The van der Waals surface area contributed by atoms with Crippen LogP contribution < -0.4 is 10.6 Å². The number of pyridine rings is 1. The molecule has 2 N–H and O–H groups in total. The molecule has 0 bridgehead atoms. The maximum Gasteiger partial charge on any atom is 0.0590 e. The maximum absolute atomic E-state index is 4.03. The maximum atomic E-state index is 4.03. The number of nitrogens with zero attached hydrogens (tertiary/aromatic N) is 1. The van der Waals surface area contributed by atoms with E-state index in [0.717, 1.165) is 36.2 Å². The quantitative estimate of drug-likeness (QED) is 0.825. The molecule has 1 aromatic heterocycles. The molecule has 0 spiro atoms. The number of nitrogens with one attached hydrogen (secondary N) is 2. The second-order valence-corrected chi connectivity index (χ2v) is 4.38. The molecule has 0 aliphatic carbocycles. The summed E-state index contributed by atoms with van der Waals surface area (Å²) < 4.78 is 1.01. The first-order valence-electron chi connectivity index (χ1n) is 5.08. The van der Waals surface area contributed by atoms with Crippen LogP contribution in [0.4, 0.5) is 5.69 Å². The van der Waals surface area contributed by atoms with E-state index in [4.69, 9.17) is 0 Å². The van der Waals surface area contributed by atoms with Crippen molar-refractivity contribution in [2.75, 3.05) is 25.0 Å². The van der Waals surface area contributed by atoms with Gasteiger partial charge in [-0.05, 0) is 35.0 Å². The molecule has 1 aliphatic heterocycles. The Hall–Kier alpha value is -0.870. The Balaban J connectivity index is 1.93. The third kappa shape index (κ3) is 3.04. The minimum Gasteiger partial charge on any atom is -0.380 e. The predicted octanol–water partition coefficient (Wildman–Crippen LogP) is 2.18. The predicted molar refractivity (Wildman–Crippen MR) is 66.0 cm³/mol. The van der Waals surface area contributed by atoms with Gasteiger partial charge in [-0.2, -0.15) is 0 Å². The van der Waals surface area contributed by atoms with Gasteiger partial charge < -0.3 is 10.6 Å². The summed E-state index contributed by atoms with van der Waals surface area (Å²) in [4.78, 5) is 4.03. The standard InChI is InChI=1S/C11H14BrN3/c12-10-8-14-6-3-11(10)15-7-9-1-4-13-5-2-9/h1,3,6,8,13H,2,4-5,7H2,(H,14,15). The Morgan fingerprint density at radius 2 is 2.47 bits per heavy atom. The van der Waals surface area contributed by atoms with Gasteiger partial charge in [0.25, 0.3) is 0 Å². The molecule has 0 atom stereocenters. The van der Waals surface area contributed by atoms with Crippen molar-refractivity contribution in [2.45, 2.75) is 6.42 Å². The van der Waals surface area contributed by atoms with Gasteiger partial charge in [0.05, 0.1) is 10.2 Å². The van der Waals surface area contributed by atoms with E-state index in [1.54, 1.807) is 12.4 Å². The fraction of sp³-hybridized carbons (Fsp3) is 0.364. The van der Waals surface area contributed by atoms with Crippen LogP contribution in [0.15, 0.2) is 34.6 Å². The van der Waals surface area contributed by atoms with Gasteiger partial charge in [-0.15, -0.1) is 0 Å². The minimum atomic E-state index is 0.921. The number of hydrogen-bond acceptors (Lipinski definition) is 3. The fourth-order valence-electron chi connectivity index (χ4n) is 1.56. The molecule has 0 aromatic carbocycles. The van der Waals surface area contributed by atoms with Gasteiger partial charge in [-0.25, -0.2) is 0 Å². The molecular formula is C11H14BrN3. The van der Waals surface area contributed by atoms with E-state index in [2.05, 4.69) is 37.6 Å². The van der Waals surface area contributed by atoms with Crippen LogP contribution in [0.2, 0.25) is 0 Å². The summed E-state index contributed by atoms with van der Waals surface area (Å²) >= 11 is 3.46. The number of aromatic nitrogens is 1. The fourth-order valence-corrected chi connectivity index (χ4v) is 1.95. The normalized spacial score (nSPS) is 15.9. The van der Waals surface area contributed by atoms with E-state index in [1.165, 1.54) is 5.57 Å². The molecule has 0 saturated carbocycles. The third-order valence-electron chi connectivity index (χ3n) is 2.44. The first-order chi connectivity index (χ1) is 7.36. The van der Waals surface area contributed by atoms with Crippen molar-refractivity contribution in [3.05, 3.63) is 34.6 Å². The second-order valence-electron chi connectivity index (χ2n) is 3.53. The first kappa shape index (κ1) is 10.6. The van der Waals surface area contributed by atoms with Crippen molar-refractivity contribution < 1.29 is 0 Å². The molecule has 0 unspecified atom stereocenters. The zero-order chi connectivity index (χ0) is 10.5. The zero-order valence-corrected chi connectivity index (χ0v) is 10.0. The molecular weight excluding hydrogens is 254 g/mol. The molecule has 4 heteroatoms. The van der Waals surface area contributed by atoms with Crippen molar-refractivity contribution in [1.29, 1.82) is 0 Å². The van der Waals surface area contributed by atoms with E-state index in [-0.39, 0.29) is 0 Å². The number of hydrogen-bond donors (Lipinski definition) is 2. The molecule has 80 valence electrons. The third-order valence-corrected chi connectivity index (χ3v) is 3.07. The number of anilines is 1. The lowest BCUT2D eigenvalue weighted by Gasteiger charge is -2.15. The first-order valence-corrected chi connectivity index (χ1v) is 5.87. The molecule has 1 aliphatic rings. The summed E-state index contributed by atoms with van der Waals surface area (Å²) in [6.07, 6.45) is 6.99. The highest BCUT2D eigenvalue weighted by Crippen LogP contribution is 2.20. The molecule has 1 aromatic rings. The van der Waals surface area contributed by atoms with E-state index in [9.17, 15) is 0 Å².